The Hall–Kier alpha value is -3.49. The fourth-order valence-corrected chi connectivity index (χ4v) is 3.04. The minimum absolute atomic E-state index is 0.305. The summed E-state index contributed by atoms with van der Waals surface area (Å²) < 4.78 is 7.25. The molecule has 1 aromatic carbocycles. The molecule has 0 aliphatic heterocycles. The van der Waals surface area contributed by atoms with Crippen LogP contribution >= 0.6 is 0 Å². The number of nitrogens with zero attached hydrogens (tertiary/aromatic N) is 5. The molecule has 4 rings (SSSR count). The molecule has 0 bridgehead atoms. The Balaban J connectivity index is 1.47. The summed E-state index contributed by atoms with van der Waals surface area (Å²) in [6.07, 6.45) is 0.676. The van der Waals surface area contributed by atoms with E-state index in [0.29, 0.717) is 30.4 Å². The molecule has 0 radical (unpaired) electrons. The van der Waals surface area contributed by atoms with E-state index in [1.807, 2.05) is 38.1 Å². The summed E-state index contributed by atoms with van der Waals surface area (Å²) in [6.45, 7) is 6.24. The number of hydrogen-bond acceptors (Lipinski definition) is 6. The van der Waals surface area contributed by atoms with Crippen LogP contribution in [0.5, 0.6) is 0 Å². The molecule has 3 aromatic heterocycles. The van der Waals surface area contributed by atoms with Gasteiger partial charge in [-0.25, -0.2) is 4.98 Å². The summed E-state index contributed by atoms with van der Waals surface area (Å²) in [4.78, 5) is 21.3. The average molecular weight is 379 g/mol. The number of imidazole rings is 1. The quantitative estimate of drug-likeness (QED) is 0.532. The van der Waals surface area contributed by atoms with Crippen molar-refractivity contribution in [3.8, 4) is 0 Å². The minimum Gasteiger partial charge on any atom is -0.339 e. The van der Waals surface area contributed by atoms with Crippen LogP contribution < -0.4 is 5.32 Å². The van der Waals surface area contributed by atoms with Gasteiger partial charge in [0.1, 0.15) is 17.6 Å². The largest absolute Gasteiger partial charge is 0.339 e. The van der Waals surface area contributed by atoms with Crippen molar-refractivity contribution in [2.24, 2.45) is 0 Å². The SMILES string of the molecule is CCc1noc(C(C)NC(=O)c2cc(Cn3c(C)nc4ccccc43)[nH]n2)n1. The van der Waals surface area contributed by atoms with Crippen LogP contribution in [0.4, 0.5) is 0 Å². The van der Waals surface area contributed by atoms with Gasteiger partial charge in [0.05, 0.1) is 23.3 Å². The molecule has 0 spiro atoms. The van der Waals surface area contributed by atoms with Gasteiger partial charge in [0.25, 0.3) is 5.91 Å². The predicted molar refractivity (Wildman–Crippen MR) is 102 cm³/mol. The fourth-order valence-electron chi connectivity index (χ4n) is 3.04. The molecule has 0 saturated carbocycles. The summed E-state index contributed by atoms with van der Waals surface area (Å²) in [6, 6.07) is 9.28. The molecule has 0 aliphatic carbocycles. The van der Waals surface area contributed by atoms with E-state index < -0.39 is 6.04 Å². The van der Waals surface area contributed by atoms with Gasteiger partial charge in [-0.15, -0.1) is 0 Å². The normalized spacial score (nSPS) is 12.4. The van der Waals surface area contributed by atoms with Crippen LogP contribution in [0.25, 0.3) is 11.0 Å². The molecule has 9 heteroatoms. The zero-order valence-electron chi connectivity index (χ0n) is 15.9. The molecular formula is C19H21N7O2. The Morgan fingerprint density at radius 3 is 2.93 bits per heavy atom. The van der Waals surface area contributed by atoms with Crippen LogP contribution in [0.1, 0.15) is 53.6 Å². The molecule has 4 aromatic rings. The molecule has 9 nitrogen and oxygen atoms in total. The molecule has 1 unspecified atom stereocenters. The van der Waals surface area contributed by atoms with Crippen molar-refractivity contribution < 1.29 is 9.32 Å². The number of carbonyl (C=O) groups is 1. The Morgan fingerprint density at radius 1 is 1.32 bits per heavy atom. The first-order valence-corrected chi connectivity index (χ1v) is 9.14. The molecule has 1 atom stereocenters. The third-order valence-corrected chi connectivity index (χ3v) is 4.56. The number of aromatic nitrogens is 6. The van der Waals surface area contributed by atoms with Crippen LogP contribution in [0.3, 0.4) is 0 Å². The van der Waals surface area contributed by atoms with Crippen LogP contribution in [0.15, 0.2) is 34.9 Å². The molecular weight excluding hydrogens is 358 g/mol. The maximum absolute atomic E-state index is 12.5. The molecule has 2 N–H and O–H groups in total. The molecule has 28 heavy (non-hydrogen) atoms. The van der Waals surface area contributed by atoms with Crippen molar-refractivity contribution >= 4 is 16.9 Å². The highest BCUT2D eigenvalue weighted by molar-refractivity contribution is 5.92. The average Bonchev–Trinajstić information content (AvgIpc) is 3.41. The lowest BCUT2D eigenvalue weighted by molar-refractivity contribution is 0.0927. The van der Waals surface area contributed by atoms with Gasteiger partial charge in [-0.05, 0) is 32.0 Å². The zero-order chi connectivity index (χ0) is 19.7. The van der Waals surface area contributed by atoms with Crippen molar-refractivity contribution in [2.75, 3.05) is 0 Å². The van der Waals surface area contributed by atoms with Gasteiger partial charge in [-0.3, -0.25) is 9.89 Å². The van der Waals surface area contributed by atoms with E-state index in [1.165, 1.54) is 0 Å². The smallest absolute Gasteiger partial charge is 0.272 e. The molecule has 0 fully saturated rings. The van der Waals surface area contributed by atoms with E-state index >= 15 is 0 Å². The predicted octanol–water partition coefficient (Wildman–Crippen LogP) is 2.55. The lowest BCUT2D eigenvalue weighted by Gasteiger charge is -2.07. The second-order valence-corrected chi connectivity index (χ2v) is 6.61. The highest BCUT2D eigenvalue weighted by atomic mass is 16.5. The number of fused-ring (bicyclic) bond motifs is 1. The summed E-state index contributed by atoms with van der Waals surface area (Å²) in [7, 11) is 0. The zero-order valence-corrected chi connectivity index (χ0v) is 15.9. The Bertz CT molecular complexity index is 1120. The number of aromatic amines is 1. The van der Waals surface area contributed by atoms with Crippen LogP contribution in [0.2, 0.25) is 0 Å². The van der Waals surface area contributed by atoms with Crippen LogP contribution in [-0.2, 0) is 13.0 Å². The number of amides is 1. The van der Waals surface area contributed by atoms with Gasteiger partial charge in [0, 0.05) is 6.42 Å². The number of carbonyl (C=O) groups excluding carboxylic acids is 1. The number of nitrogens with one attached hydrogen (secondary N) is 2. The maximum atomic E-state index is 12.5. The molecule has 0 saturated heterocycles. The fraction of sp³-hybridized carbons (Fsp3) is 0.316. The highest BCUT2D eigenvalue weighted by Crippen LogP contribution is 2.17. The lowest BCUT2D eigenvalue weighted by atomic mass is 10.2. The molecule has 0 aliphatic rings. The van der Waals surface area contributed by atoms with Gasteiger partial charge in [-0.2, -0.15) is 10.1 Å². The second kappa shape index (κ2) is 7.26. The van der Waals surface area contributed by atoms with E-state index in [4.69, 9.17) is 4.52 Å². The van der Waals surface area contributed by atoms with Crippen molar-refractivity contribution in [3.05, 3.63) is 59.3 Å². The summed E-state index contributed by atoms with van der Waals surface area (Å²) in [5.74, 6) is 1.58. The van der Waals surface area contributed by atoms with E-state index in [2.05, 4.69) is 35.2 Å². The monoisotopic (exact) mass is 379 g/mol. The standard InChI is InChI=1S/C19H21N7O2/c1-4-17-22-19(28-25-17)11(2)20-18(27)15-9-13(23-24-15)10-26-12(3)21-14-7-5-6-8-16(14)26/h5-9,11H,4,10H2,1-3H3,(H,20,27)(H,23,24). The van der Waals surface area contributed by atoms with E-state index in [9.17, 15) is 4.79 Å². The van der Waals surface area contributed by atoms with Gasteiger partial charge in [-0.1, -0.05) is 24.2 Å². The number of hydrogen-bond donors (Lipinski definition) is 2. The third-order valence-electron chi connectivity index (χ3n) is 4.56. The number of rotatable bonds is 6. The van der Waals surface area contributed by atoms with E-state index in [0.717, 1.165) is 22.6 Å². The first-order valence-electron chi connectivity index (χ1n) is 9.14. The summed E-state index contributed by atoms with van der Waals surface area (Å²) in [5, 5.41) is 13.7. The summed E-state index contributed by atoms with van der Waals surface area (Å²) >= 11 is 0. The first kappa shape index (κ1) is 17.9. The minimum atomic E-state index is -0.403. The first-order chi connectivity index (χ1) is 13.5. The van der Waals surface area contributed by atoms with Gasteiger partial charge >= 0.3 is 0 Å². The summed E-state index contributed by atoms with van der Waals surface area (Å²) in [5.41, 5.74) is 3.10. The molecule has 1 amide bonds. The van der Waals surface area contributed by atoms with Gasteiger partial charge < -0.3 is 14.4 Å². The van der Waals surface area contributed by atoms with Gasteiger partial charge in [0.15, 0.2) is 5.82 Å². The second-order valence-electron chi connectivity index (χ2n) is 6.61. The van der Waals surface area contributed by atoms with Gasteiger partial charge in [0.2, 0.25) is 5.89 Å². The Morgan fingerprint density at radius 2 is 2.14 bits per heavy atom. The number of H-pyrrole nitrogens is 1. The van der Waals surface area contributed by atoms with E-state index in [1.54, 1.807) is 13.0 Å². The highest BCUT2D eigenvalue weighted by Gasteiger charge is 2.19. The molecule has 144 valence electrons. The lowest BCUT2D eigenvalue weighted by Crippen LogP contribution is -2.27. The Kier molecular flexibility index (Phi) is 4.64. The van der Waals surface area contributed by atoms with Crippen LogP contribution in [-0.4, -0.2) is 35.8 Å². The topological polar surface area (TPSA) is 115 Å². The number of aryl methyl sites for hydroxylation is 2. The van der Waals surface area contributed by atoms with Crippen molar-refractivity contribution in [3.63, 3.8) is 0 Å². The number of para-hydroxylation sites is 2. The maximum Gasteiger partial charge on any atom is 0.272 e. The van der Waals surface area contributed by atoms with Crippen LogP contribution in [0, 0.1) is 6.92 Å². The number of benzene rings is 1. The van der Waals surface area contributed by atoms with E-state index in [-0.39, 0.29) is 5.91 Å². The molecule has 3 heterocycles. The van der Waals surface area contributed by atoms with Crippen molar-refractivity contribution in [2.45, 2.75) is 39.8 Å². The third kappa shape index (κ3) is 3.38. The Labute approximate surface area is 161 Å². The van der Waals surface area contributed by atoms with Crippen molar-refractivity contribution in [1.82, 2.24) is 35.2 Å². The van der Waals surface area contributed by atoms with Crippen molar-refractivity contribution in [1.29, 1.82) is 0 Å².